The standard InChI is InChI=1S/C26H22N4O2S/c1-17-7-5-8-18(13-17)15-30-22-12-4-3-11-21(22)24-25(30)27-26(29-28-24)33-16-23(31)19-9-6-10-20(14-19)32-2/h3-14H,15-16H2,1-2H3. The van der Waals surface area contributed by atoms with E-state index in [0.29, 0.717) is 23.0 Å². The van der Waals surface area contributed by atoms with Gasteiger partial charge in [0.15, 0.2) is 11.4 Å². The molecule has 164 valence electrons. The molecule has 0 aliphatic rings. The molecule has 0 bridgehead atoms. The van der Waals surface area contributed by atoms with E-state index in [0.717, 1.165) is 22.1 Å². The molecule has 0 atom stereocenters. The summed E-state index contributed by atoms with van der Waals surface area (Å²) in [7, 11) is 1.59. The molecule has 0 saturated carbocycles. The summed E-state index contributed by atoms with van der Waals surface area (Å²) in [5.74, 6) is 0.868. The molecule has 0 radical (unpaired) electrons. The van der Waals surface area contributed by atoms with Gasteiger partial charge in [0.2, 0.25) is 5.16 Å². The van der Waals surface area contributed by atoms with E-state index in [2.05, 4.69) is 52.0 Å². The zero-order valence-electron chi connectivity index (χ0n) is 18.4. The zero-order valence-corrected chi connectivity index (χ0v) is 19.2. The number of thioether (sulfide) groups is 1. The maximum atomic E-state index is 12.7. The summed E-state index contributed by atoms with van der Waals surface area (Å²) in [5.41, 5.74) is 5.60. The van der Waals surface area contributed by atoms with Crippen LogP contribution in [0.1, 0.15) is 21.5 Å². The number of nitrogens with zero attached hydrogens (tertiary/aromatic N) is 4. The topological polar surface area (TPSA) is 69.9 Å². The largest absolute Gasteiger partial charge is 0.497 e. The number of rotatable bonds is 7. The van der Waals surface area contributed by atoms with Crippen molar-refractivity contribution in [2.24, 2.45) is 0 Å². The summed E-state index contributed by atoms with van der Waals surface area (Å²) >= 11 is 1.29. The lowest BCUT2D eigenvalue weighted by Gasteiger charge is -2.08. The number of fused-ring (bicyclic) bond motifs is 3. The lowest BCUT2D eigenvalue weighted by Crippen LogP contribution is -2.05. The van der Waals surface area contributed by atoms with Crippen molar-refractivity contribution >= 4 is 39.6 Å². The Labute approximate surface area is 195 Å². The van der Waals surface area contributed by atoms with Gasteiger partial charge in [-0.3, -0.25) is 4.79 Å². The SMILES string of the molecule is COc1cccc(C(=O)CSc2nnc3c4ccccc4n(Cc4cccc(C)c4)c3n2)c1. The fourth-order valence-electron chi connectivity index (χ4n) is 3.91. The fourth-order valence-corrected chi connectivity index (χ4v) is 4.59. The van der Waals surface area contributed by atoms with Crippen LogP contribution in [0.3, 0.4) is 0 Å². The minimum atomic E-state index is -0.0112. The second kappa shape index (κ2) is 9.03. The fraction of sp³-hybridized carbons (Fsp3) is 0.154. The van der Waals surface area contributed by atoms with Crippen molar-refractivity contribution in [3.05, 3.63) is 89.5 Å². The average molecular weight is 455 g/mol. The average Bonchev–Trinajstić information content (AvgIpc) is 3.15. The maximum absolute atomic E-state index is 12.7. The highest BCUT2D eigenvalue weighted by molar-refractivity contribution is 7.99. The smallest absolute Gasteiger partial charge is 0.211 e. The van der Waals surface area contributed by atoms with Crippen LogP contribution in [0.15, 0.2) is 78.0 Å². The third kappa shape index (κ3) is 4.32. The number of benzene rings is 3. The molecule has 0 unspecified atom stereocenters. The summed E-state index contributed by atoms with van der Waals surface area (Å²) in [5, 5.41) is 10.3. The Hall–Kier alpha value is -3.71. The number of methoxy groups -OCH3 is 1. The molecule has 0 aliphatic heterocycles. The summed E-state index contributed by atoms with van der Waals surface area (Å²) in [4.78, 5) is 17.5. The lowest BCUT2D eigenvalue weighted by molar-refractivity contribution is 0.102. The van der Waals surface area contributed by atoms with Crippen molar-refractivity contribution in [1.29, 1.82) is 0 Å². The molecule has 3 aromatic carbocycles. The van der Waals surface area contributed by atoms with Gasteiger partial charge in [-0.2, -0.15) is 0 Å². The van der Waals surface area contributed by atoms with Crippen LogP contribution in [-0.2, 0) is 6.54 Å². The van der Waals surface area contributed by atoms with Crippen molar-refractivity contribution in [2.45, 2.75) is 18.6 Å². The first kappa shape index (κ1) is 21.2. The van der Waals surface area contributed by atoms with E-state index in [1.807, 2.05) is 30.3 Å². The molecule has 7 heteroatoms. The number of hydrogen-bond acceptors (Lipinski definition) is 6. The number of para-hydroxylation sites is 1. The number of carbonyl (C=O) groups excluding carboxylic acids is 1. The monoisotopic (exact) mass is 454 g/mol. The predicted octanol–water partition coefficient (Wildman–Crippen LogP) is 5.32. The number of ether oxygens (including phenoxy) is 1. The highest BCUT2D eigenvalue weighted by Crippen LogP contribution is 2.28. The van der Waals surface area contributed by atoms with Crippen molar-refractivity contribution in [3.63, 3.8) is 0 Å². The van der Waals surface area contributed by atoms with Gasteiger partial charge in [-0.1, -0.05) is 71.9 Å². The molecule has 6 nitrogen and oxygen atoms in total. The van der Waals surface area contributed by atoms with Gasteiger partial charge < -0.3 is 9.30 Å². The van der Waals surface area contributed by atoms with Gasteiger partial charge >= 0.3 is 0 Å². The first-order valence-corrected chi connectivity index (χ1v) is 11.6. The van der Waals surface area contributed by atoms with E-state index in [1.165, 1.54) is 22.9 Å². The quantitative estimate of drug-likeness (QED) is 0.245. The van der Waals surface area contributed by atoms with Gasteiger partial charge in [-0.15, -0.1) is 10.2 Å². The van der Waals surface area contributed by atoms with E-state index in [4.69, 9.17) is 9.72 Å². The normalized spacial score (nSPS) is 11.2. The Kier molecular flexibility index (Phi) is 5.79. The molecule has 5 rings (SSSR count). The number of aromatic nitrogens is 4. The van der Waals surface area contributed by atoms with Gasteiger partial charge in [0.25, 0.3) is 0 Å². The van der Waals surface area contributed by atoms with Crippen LogP contribution in [-0.4, -0.2) is 38.4 Å². The molecule has 0 N–H and O–H groups in total. The first-order valence-electron chi connectivity index (χ1n) is 10.6. The Morgan fingerprint density at radius 3 is 2.70 bits per heavy atom. The van der Waals surface area contributed by atoms with Crippen LogP contribution in [0.25, 0.3) is 22.1 Å². The highest BCUT2D eigenvalue weighted by atomic mass is 32.2. The zero-order chi connectivity index (χ0) is 22.8. The Bertz CT molecular complexity index is 1480. The van der Waals surface area contributed by atoms with Crippen molar-refractivity contribution < 1.29 is 9.53 Å². The van der Waals surface area contributed by atoms with Crippen LogP contribution in [0.2, 0.25) is 0 Å². The van der Waals surface area contributed by atoms with Crippen molar-refractivity contribution in [2.75, 3.05) is 12.9 Å². The van der Waals surface area contributed by atoms with Gasteiger partial charge in [-0.05, 0) is 30.7 Å². The van der Waals surface area contributed by atoms with Gasteiger partial charge in [0.05, 0.1) is 18.4 Å². The van der Waals surface area contributed by atoms with E-state index < -0.39 is 0 Å². The Morgan fingerprint density at radius 1 is 1.00 bits per heavy atom. The molecule has 0 aliphatic carbocycles. The second-order valence-electron chi connectivity index (χ2n) is 7.80. The third-order valence-corrected chi connectivity index (χ3v) is 6.34. The highest BCUT2D eigenvalue weighted by Gasteiger charge is 2.16. The lowest BCUT2D eigenvalue weighted by atomic mass is 10.1. The van der Waals surface area contributed by atoms with E-state index in [1.54, 1.807) is 19.2 Å². The Morgan fingerprint density at radius 2 is 1.85 bits per heavy atom. The Balaban J connectivity index is 1.47. The number of ketones is 1. The van der Waals surface area contributed by atoms with Crippen LogP contribution in [0.4, 0.5) is 0 Å². The number of carbonyl (C=O) groups is 1. The number of aryl methyl sites for hydroxylation is 1. The molecule has 0 spiro atoms. The van der Waals surface area contributed by atoms with Crippen LogP contribution in [0.5, 0.6) is 5.75 Å². The molecular weight excluding hydrogens is 432 g/mol. The van der Waals surface area contributed by atoms with E-state index >= 15 is 0 Å². The van der Waals surface area contributed by atoms with Gasteiger partial charge in [-0.25, -0.2) is 4.98 Å². The predicted molar refractivity (Wildman–Crippen MR) is 131 cm³/mol. The molecular formula is C26H22N4O2S. The molecule has 33 heavy (non-hydrogen) atoms. The summed E-state index contributed by atoms with van der Waals surface area (Å²) in [6.07, 6.45) is 0. The molecule has 0 fully saturated rings. The molecule has 5 aromatic rings. The van der Waals surface area contributed by atoms with Gasteiger partial charge in [0, 0.05) is 17.5 Å². The minimum absolute atomic E-state index is 0.0112. The number of hydrogen-bond donors (Lipinski definition) is 0. The van der Waals surface area contributed by atoms with E-state index in [9.17, 15) is 4.79 Å². The minimum Gasteiger partial charge on any atom is -0.497 e. The summed E-state index contributed by atoms with van der Waals surface area (Å²) in [6, 6.07) is 23.7. The van der Waals surface area contributed by atoms with Gasteiger partial charge in [0.1, 0.15) is 11.3 Å². The second-order valence-corrected chi connectivity index (χ2v) is 8.75. The van der Waals surface area contributed by atoms with Crippen LogP contribution >= 0.6 is 11.8 Å². The van der Waals surface area contributed by atoms with Crippen LogP contribution < -0.4 is 4.74 Å². The molecule has 0 amide bonds. The van der Waals surface area contributed by atoms with Crippen LogP contribution in [0, 0.1) is 6.92 Å². The first-order chi connectivity index (χ1) is 16.1. The molecule has 2 aromatic heterocycles. The maximum Gasteiger partial charge on any atom is 0.211 e. The molecule has 2 heterocycles. The third-order valence-electron chi connectivity index (χ3n) is 5.50. The summed E-state index contributed by atoms with van der Waals surface area (Å²) < 4.78 is 7.39. The number of Topliss-reactive ketones (excluding diaryl/α,β-unsaturated/α-hetero) is 1. The molecule has 0 saturated heterocycles. The van der Waals surface area contributed by atoms with Crippen molar-refractivity contribution in [3.8, 4) is 5.75 Å². The van der Waals surface area contributed by atoms with E-state index in [-0.39, 0.29) is 11.5 Å². The van der Waals surface area contributed by atoms with Crippen molar-refractivity contribution in [1.82, 2.24) is 19.7 Å². The summed E-state index contributed by atoms with van der Waals surface area (Å²) in [6.45, 7) is 2.77.